The zero-order chi connectivity index (χ0) is 11.8. The van der Waals surface area contributed by atoms with E-state index in [2.05, 4.69) is 10.5 Å². The van der Waals surface area contributed by atoms with Crippen LogP contribution in [0, 0.1) is 5.92 Å². The highest BCUT2D eigenvalue weighted by molar-refractivity contribution is 5.79. The van der Waals surface area contributed by atoms with Gasteiger partial charge in [0.1, 0.15) is 5.84 Å². The fourth-order valence-electron chi connectivity index (χ4n) is 2.03. The average Bonchev–Trinajstić information content (AvgIpc) is 2.81. The monoisotopic (exact) mass is 227 g/mol. The van der Waals surface area contributed by atoms with Crippen LogP contribution in [0.1, 0.15) is 44.9 Å². The molecule has 1 fully saturated rings. The number of carbonyl (C=O) groups excluding carboxylic acids is 1. The van der Waals surface area contributed by atoms with Gasteiger partial charge in [-0.1, -0.05) is 18.0 Å². The molecule has 0 aliphatic heterocycles. The molecule has 1 aliphatic rings. The van der Waals surface area contributed by atoms with Crippen molar-refractivity contribution in [1.29, 1.82) is 0 Å². The van der Waals surface area contributed by atoms with Crippen molar-refractivity contribution in [2.45, 2.75) is 44.9 Å². The minimum Gasteiger partial charge on any atom is -0.409 e. The standard InChI is InChI=1S/C11H21N3O2/c12-10(14-16)7-3-4-8-13-11(15)9-5-1-2-6-9/h9,16H,1-8H2,(H2,12,14)(H,13,15). The third kappa shape index (κ3) is 4.51. The summed E-state index contributed by atoms with van der Waals surface area (Å²) in [5.41, 5.74) is 5.33. The molecule has 0 atom stereocenters. The van der Waals surface area contributed by atoms with E-state index in [1.54, 1.807) is 0 Å². The van der Waals surface area contributed by atoms with E-state index >= 15 is 0 Å². The molecule has 92 valence electrons. The van der Waals surface area contributed by atoms with Crippen LogP contribution in [0.2, 0.25) is 0 Å². The van der Waals surface area contributed by atoms with Crippen LogP contribution in [0.5, 0.6) is 0 Å². The van der Waals surface area contributed by atoms with Crippen LogP contribution < -0.4 is 11.1 Å². The van der Waals surface area contributed by atoms with Gasteiger partial charge in [0.2, 0.25) is 5.91 Å². The highest BCUT2D eigenvalue weighted by atomic mass is 16.4. The number of nitrogens with two attached hydrogens (primary N) is 1. The van der Waals surface area contributed by atoms with E-state index in [1.165, 1.54) is 12.8 Å². The number of amides is 1. The molecular formula is C11H21N3O2. The molecule has 1 amide bonds. The molecule has 5 heteroatoms. The van der Waals surface area contributed by atoms with E-state index in [4.69, 9.17) is 10.9 Å². The van der Waals surface area contributed by atoms with Gasteiger partial charge in [0, 0.05) is 18.9 Å². The molecule has 16 heavy (non-hydrogen) atoms. The summed E-state index contributed by atoms with van der Waals surface area (Å²) in [7, 11) is 0. The van der Waals surface area contributed by atoms with E-state index in [1.807, 2.05) is 0 Å². The second-order valence-corrected chi connectivity index (χ2v) is 4.32. The Morgan fingerprint density at radius 3 is 2.69 bits per heavy atom. The Labute approximate surface area is 96.1 Å². The van der Waals surface area contributed by atoms with Gasteiger partial charge in [0.25, 0.3) is 0 Å². The van der Waals surface area contributed by atoms with Crippen molar-refractivity contribution >= 4 is 11.7 Å². The number of nitrogens with one attached hydrogen (secondary N) is 1. The largest absolute Gasteiger partial charge is 0.409 e. The first-order valence-electron chi connectivity index (χ1n) is 5.98. The van der Waals surface area contributed by atoms with Crippen molar-refractivity contribution in [3.8, 4) is 0 Å². The molecule has 1 aliphatic carbocycles. The van der Waals surface area contributed by atoms with Gasteiger partial charge in [-0.15, -0.1) is 0 Å². The summed E-state index contributed by atoms with van der Waals surface area (Å²) in [4.78, 5) is 11.6. The molecule has 0 radical (unpaired) electrons. The molecule has 0 unspecified atom stereocenters. The predicted octanol–water partition coefficient (Wildman–Crippen LogP) is 1.21. The molecule has 5 nitrogen and oxygen atoms in total. The third-order valence-corrected chi connectivity index (χ3v) is 3.01. The van der Waals surface area contributed by atoms with Crippen LogP contribution in [0.25, 0.3) is 0 Å². The molecule has 0 aromatic rings. The molecule has 0 heterocycles. The van der Waals surface area contributed by atoms with Crippen molar-refractivity contribution in [2.24, 2.45) is 16.8 Å². The van der Waals surface area contributed by atoms with Crippen LogP contribution >= 0.6 is 0 Å². The first-order chi connectivity index (χ1) is 7.74. The summed E-state index contributed by atoms with van der Waals surface area (Å²) in [6.07, 6.45) is 6.72. The van der Waals surface area contributed by atoms with Crippen molar-refractivity contribution < 1.29 is 10.0 Å². The number of rotatable bonds is 6. The van der Waals surface area contributed by atoms with Crippen LogP contribution in [0.4, 0.5) is 0 Å². The minimum atomic E-state index is 0.196. The van der Waals surface area contributed by atoms with Crippen molar-refractivity contribution in [1.82, 2.24) is 5.32 Å². The Kier molecular flexibility index (Phi) is 5.67. The predicted molar refractivity (Wildman–Crippen MR) is 62.2 cm³/mol. The zero-order valence-corrected chi connectivity index (χ0v) is 9.61. The van der Waals surface area contributed by atoms with Crippen LogP contribution in [0.15, 0.2) is 5.16 Å². The number of carbonyl (C=O) groups is 1. The topological polar surface area (TPSA) is 87.7 Å². The molecule has 1 saturated carbocycles. The van der Waals surface area contributed by atoms with Crippen LogP contribution in [0.3, 0.4) is 0 Å². The van der Waals surface area contributed by atoms with Crippen LogP contribution in [-0.2, 0) is 4.79 Å². The molecule has 0 saturated heterocycles. The second kappa shape index (κ2) is 7.09. The maximum Gasteiger partial charge on any atom is 0.223 e. The fraction of sp³-hybridized carbons (Fsp3) is 0.818. The quantitative estimate of drug-likeness (QED) is 0.209. The summed E-state index contributed by atoms with van der Waals surface area (Å²) in [5.74, 6) is 0.687. The Hall–Kier alpha value is -1.26. The lowest BCUT2D eigenvalue weighted by atomic mass is 10.1. The molecule has 0 bridgehead atoms. The number of hydrogen-bond acceptors (Lipinski definition) is 3. The van der Waals surface area contributed by atoms with Crippen molar-refractivity contribution in [3.05, 3.63) is 0 Å². The first-order valence-corrected chi connectivity index (χ1v) is 5.98. The van der Waals surface area contributed by atoms with Crippen molar-refractivity contribution in [2.75, 3.05) is 6.54 Å². The smallest absolute Gasteiger partial charge is 0.223 e. The fourth-order valence-corrected chi connectivity index (χ4v) is 2.03. The van der Waals surface area contributed by atoms with Gasteiger partial charge in [-0.2, -0.15) is 0 Å². The van der Waals surface area contributed by atoms with E-state index < -0.39 is 0 Å². The van der Waals surface area contributed by atoms with Gasteiger partial charge < -0.3 is 16.3 Å². The molecular weight excluding hydrogens is 206 g/mol. The molecule has 1 rings (SSSR count). The number of oxime groups is 1. The highest BCUT2D eigenvalue weighted by Gasteiger charge is 2.21. The summed E-state index contributed by atoms with van der Waals surface area (Å²) in [6, 6.07) is 0. The summed E-state index contributed by atoms with van der Waals surface area (Å²) in [5, 5.41) is 14.1. The van der Waals surface area contributed by atoms with E-state index in [9.17, 15) is 4.79 Å². The summed E-state index contributed by atoms with van der Waals surface area (Å²) < 4.78 is 0. The molecule has 0 spiro atoms. The van der Waals surface area contributed by atoms with Gasteiger partial charge in [0.15, 0.2) is 0 Å². The van der Waals surface area contributed by atoms with E-state index in [0.717, 1.165) is 25.7 Å². The van der Waals surface area contributed by atoms with Gasteiger partial charge in [0.05, 0.1) is 0 Å². The van der Waals surface area contributed by atoms with Crippen LogP contribution in [-0.4, -0.2) is 23.5 Å². The second-order valence-electron chi connectivity index (χ2n) is 4.32. The Morgan fingerprint density at radius 1 is 1.38 bits per heavy atom. The highest BCUT2D eigenvalue weighted by Crippen LogP contribution is 2.24. The lowest BCUT2D eigenvalue weighted by molar-refractivity contribution is -0.124. The first kappa shape index (κ1) is 12.8. The lowest BCUT2D eigenvalue weighted by Crippen LogP contribution is -2.30. The number of unbranched alkanes of at least 4 members (excludes halogenated alkanes) is 1. The van der Waals surface area contributed by atoms with E-state index in [-0.39, 0.29) is 17.7 Å². The molecule has 0 aromatic heterocycles. The number of nitrogens with zero attached hydrogens (tertiary/aromatic N) is 1. The van der Waals surface area contributed by atoms with Gasteiger partial charge in [-0.25, -0.2) is 0 Å². The Morgan fingerprint density at radius 2 is 2.06 bits per heavy atom. The zero-order valence-electron chi connectivity index (χ0n) is 9.61. The molecule has 4 N–H and O–H groups in total. The number of amidine groups is 1. The Bertz CT molecular complexity index is 248. The average molecular weight is 227 g/mol. The minimum absolute atomic E-state index is 0.196. The van der Waals surface area contributed by atoms with Gasteiger partial charge >= 0.3 is 0 Å². The molecule has 0 aromatic carbocycles. The van der Waals surface area contributed by atoms with Crippen molar-refractivity contribution in [3.63, 3.8) is 0 Å². The third-order valence-electron chi connectivity index (χ3n) is 3.01. The maximum atomic E-state index is 11.6. The van der Waals surface area contributed by atoms with Gasteiger partial charge in [-0.05, 0) is 25.7 Å². The maximum absolute atomic E-state index is 11.6. The lowest BCUT2D eigenvalue weighted by Gasteiger charge is -2.09. The normalized spacial score (nSPS) is 17.6. The summed E-state index contributed by atoms with van der Waals surface area (Å²) in [6.45, 7) is 0.689. The number of hydrogen-bond donors (Lipinski definition) is 3. The summed E-state index contributed by atoms with van der Waals surface area (Å²) >= 11 is 0. The van der Waals surface area contributed by atoms with Gasteiger partial charge in [-0.3, -0.25) is 4.79 Å². The van der Waals surface area contributed by atoms with E-state index in [0.29, 0.717) is 13.0 Å². The SMILES string of the molecule is NC(CCCCNC(=O)C1CCCC1)=NO. The Balaban J connectivity index is 2.00.